The Kier molecular flexibility index (Phi) is 4.54. The molecular weight excluding hydrogens is 579 g/mol. The molecule has 0 saturated carbocycles. The van der Waals surface area contributed by atoms with E-state index in [2.05, 4.69) is 130 Å². The number of hydrogen-bond acceptors (Lipinski definition) is 2. The van der Waals surface area contributed by atoms with E-state index in [1.54, 1.807) is 0 Å². The molecule has 0 unspecified atom stereocenters. The van der Waals surface area contributed by atoms with E-state index >= 15 is 0 Å². The fourth-order valence-corrected chi connectivity index (χ4v) is 11.0. The SMILES string of the molecule is CC(C)(C)c1cc2c3c(c1)-c1cccc4c1c(cc1c5ccccc5sc41)B3c1cc3c4ccccc4sc3c3cccc-2c13. The first-order valence-electron chi connectivity index (χ1n) is 15.9. The topological polar surface area (TPSA) is 0 Å². The van der Waals surface area contributed by atoms with Crippen LogP contribution in [0, 0.1) is 0 Å². The summed E-state index contributed by atoms with van der Waals surface area (Å²) in [5, 5.41) is 11.2. The highest BCUT2D eigenvalue weighted by Crippen LogP contribution is 2.47. The lowest BCUT2D eigenvalue weighted by atomic mass is 9.31. The first-order valence-corrected chi connectivity index (χ1v) is 17.5. The molecule has 0 amide bonds. The van der Waals surface area contributed by atoms with E-state index in [9.17, 15) is 0 Å². The lowest BCUT2D eigenvalue weighted by Gasteiger charge is -2.36. The van der Waals surface area contributed by atoms with E-state index in [1.165, 1.54) is 106 Å². The predicted molar refractivity (Wildman–Crippen MR) is 201 cm³/mol. The highest BCUT2D eigenvalue weighted by molar-refractivity contribution is 7.27. The fraction of sp³-hybridized carbons (Fsp3) is 0.0952. The molecule has 2 aliphatic rings. The molecule has 4 heterocycles. The van der Waals surface area contributed by atoms with Crippen LogP contribution in [0.3, 0.4) is 0 Å². The van der Waals surface area contributed by atoms with Crippen LogP contribution < -0.4 is 16.4 Å². The molecule has 7 aromatic carbocycles. The van der Waals surface area contributed by atoms with Gasteiger partial charge in [0, 0.05) is 40.3 Å². The van der Waals surface area contributed by atoms with E-state index in [4.69, 9.17) is 0 Å². The molecule has 11 rings (SSSR count). The number of hydrogen-bond donors (Lipinski definition) is 0. The third kappa shape index (κ3) is 3.04. The highest BCUT2D eigenvalue weighted by Gasteiger charge is 2.40. The maximum atomic E-state index is 2.57. The first kappa shape index (κ1) is 24.8. The molecule has 0 aliphatic carbocycles. The normalized spacial score (nSPS) is 13.6. The van der Waals surface area contributed by atoms with Gasteiger partial charge in [0.25, 0.3) is 0 Å². The molecule has 210 valence electrons. The Morgan fingerprint density at radius 3 is 1.42 bits per heavy atom. The van der Waals surface area contributed by atoms with Crippen LogP contribution in [0.15, 0.2) is 109 Å². The Balaban J connectivity index is 1.40. The smallest absolute Gasteiger partial charge is 0.135 e. The number of rotatable bonds is 0. The van der Waals surface area contributed by atoms with Gasteiger partial charge in [-0.15, -0.1) is 22.7 Å². The van der Waals surface area contributed by atoms with Crippen LogP contribution in [0.2, 0.25) is 0 Å². The van der Waals surface area contributed by atoms with Crippen LogP contribution >= 0.6 is 22.7 Å². The van der Waals surface area contributed by atoms with Gasteiger partial charge in [-0.1, -0.05) is 134 Å². The molecule has 45 heavy (non-hydrogen) atoms. The predicted octanol–water partition coefficient (Wildman–Crippen LogP) is 10.5. The molecular formula is C42H27BS2. The first-order chi connectivity index (χ1) is 22.0. The molecule has 0 spiro atoms. The average molecular weight is 607 g/mol. The van der Waals surface area contributed by atoms with Gasteiger partial charge in [0.15, 0.2) is 0 Å². The minimum atomic E-state index is 0.0359. The van der Waals surface area contributed by atoms with E-state index in [-0.39, 0.29) is 12.1 Å². The van der Waals surface area contributed by atoms with Crippen LogP contribution in [0.5, 0.6) is 0 Å². The van der Waals surface area contributed by atoms with Crippen molar-refractivity contribution in [2.75, 3.05) is 0 Å². The second kappa shape index (κ2) is 8.23. The minimum Gasteiger partial charge on any atom is -0.135 e. The van der Waals surface area contributed by atoms with E-state index < -0.39 is 0 Å². The van der Waals surface area contributed by atoms with Crippen LogP contribution in [-0.2, 0) is 5.41 Å². The highest BCUT2D eigenvalue weighted by atomic mass is 32.1. The molecule has 3 heteroatoms. The summed E-state index contributed by atoms with van der Waals surface area (Å²) in [4.78, 5) is 0. The van der Waals surface area contributed by atoms with Crippen molar-refractivity contribution in [3.05, 3.63) is 115 Å². The van der Waals surface area contributed by atoms with E-state index in [0.29, 0.717) is 0 Å². The summed E-state index contributed by atoms with van der Waals surface area (Å²) in [6.45, 7) is 7.24. The van der Waals surface area contributed by atoms with Crippen molar-refractivity contribution in [3.8, 4) is 22.3 Å². The fourth-order valence-electron chi connectivity index (χ4n) is 8.60. The maximum Gasteiger partial charge on any atom is 0.244 e. The van der Waals surface area contributed by atoms with Gasteiger partial charge in [0.1, 0.15) is 0 Å². The van der Waals surface area contributed by atoms with Crippen LogP contribution in [-0.4, -0.2) is 6.71 Å². The van der Waals surface area contributed by atoms with Gasteiger partial charge in [-0.25, -0.2) is 0 Å². The number of thiophene rings is 2. The Hall–Kier alpha value is -4.44. The summed E-state index contributed by atoms with van der Waals surface area (Å²) in [6.07, 6.45) is 0. The standard InChI is InChI=1S/C42H27BS2/c1-42(2,3)22-18-29-25-12-8-14-27-37(25)33(20-31-23-10-4-6-16-35(23)44-40(27)31)43-34-21-32-24-11-5-7-17-36(24)45-41(32)28-15-9-13-26(38(28)34)30(19-22)39(29)43/h4-21H,1-3H3. The van der Waals surface area contributed by atoms with Crippen molar-refractivity contribution in [2.24, 2.45) is 0 Å². The zero-order valence-corrected chi connectivity index (χ0v) is 26.9. The average Bonchev–Trinajstić information content (AvgIpc) is 3.62. The molecule has 0 saturated heterocycles. The second-order valence-electron chi connectivity index (χ2n) is 14.0. The Bertz CT molecular complexity index is 2620. The molecule has 0 bridgehead atoms. The van der Waals surface area contributed by atoms with E-state index in [1.807, 2.05) is 22.7 Å². The summed E-state index contributed by atoms with van der Waals surface area (Å²) in [6, 6.07) is 42.2. The molecule has 2 aliphatic heterocycles. The van der Waals surface area contributed by atoms with Crippen molar-refractivity contribution >= 4 is 108 Å². The molecule has 0 atom stereocenters. The summed E-state index contributed by atoms with van der Waals surface area (Å²) < 4.78 is 5.55. The van der Waals surface area contributed by atoms with Crippen molar-refractivity contribution < 1.29 is 0 Å². The lowest BCUT2D eigenvalue weighted by molar-refractivity contribution is 0.591. The van der Waals surface area contributed by atoms with Crippen LogP contribution in [0.4, 0.5) is 0 Å². The summed E-state index contributed by atoms with van der Waals surface area (Å²) >= 11 is 3.89. The Labute approximate surface area is 269 Å². The molecule has 0 radical (unpaired) electrons. The van der Waals surface area contributed by atoms with Crippen molar-refractivity contribution in [2.45, 2.75) is 26.2 Å². The van der Waals surface area contributed by atoms with Gasteiger partial charge in [0.05, 0.1) is 0 Å². The van der Waals surface area contributed by atoms with Crippen molar-refractivity contribution in [1.82, 2.24) is 0 Å². The maximum absolute atomic E-state index is 2.57. The van der Waals surface area contributed by atoms with E-state index in [0.717, 1.165) is 0 Å². The summed E-state index contributed by atoms with van der Waals surface area (Å²) in [7, 11) is 0. The molecule has 2 aromatic heterocycles. The second-order valence-corrected chi connectivity index (χ2v) is 16.1. The van der Waals surface area contributed by atoms with Gasteiger partial charge < -0.3 is 0 Å². The monoisotopic (exact) mass is 606 g/mol. The minimum absolute atomic E-state index is 0.0359. The molecule has 0 fully saturated rings. The van der Waals surface area contributed by atoms with Gasteiger partial charge in [-0.2, -0.15) is 0 Å². The largest absolute Gasteiger partial charge is 0.244 e. The third-order valence-electron chi connectivity index (χ3n) is 10.6. The molecule has 0 N–H and O–H groups in total. The Morgan fingerprint density at radius 2 is 0.933 bits per heavy atom. The van der Waals surface area contributed by atoms with Crippen LogP contribution in [0.25, 0.3) is 84.1 Å². The van der Waals surface area contributed by atoms with Gasteiger partial charge in [-0.3, -0.25) is 0 Å². The zero-order chi connectivity index (χ0) is 29.8. The van der Waals surface area contributed by atoms with Gasteiger partial charge >= 0.3 is 0 Å². The lowest BCUT2D eigenvalue weighted by Crippen LogP contribution is -2.57. The zero-order valence-electron chi connectivity index (χ0n) is 25.3. The van der Waals surface area contributed by atoms with Crippen LogP contribution in [0.1, 0.15) is 26.3 Å². The third-order valence-corrected chi connectivity index (χ3v) is 13.0. The van der Waals surface area contributed by atoms with Gasteiger partial charge in [-0.05, 0) is 66.9 Å². The van der Waals surface area contributed by atoms with Crippen molar-refractivity contribution in [3.63, 3.8) is 0 Å². The molecule has 9 aromatic rings. The van der Waals surface area contributed by atoms with Gasteiger partial charge in [0.2, 0.25) is 6.71 Å². The number of benzene rings is 7. The number of fused-ring (bicyclic) bond motifs is 12. The summed E-state index contributed by atoms with van der Waals surface area (Å²) in [5.41, 5.74) is 11.5. The summed E-state index contributed by atoms with van der Waals surface area (Å²) in [5.74, 6) is 0. The van der Waals surface area contributed by atoms with Crippen molar-refractivity contribution in [1.29, 1.82) is 0 Å². The molecule has 0 nitrogen and oxygen atoms in total. The quantitative estimate of drug-likeness (QED) is 0.151. The Morgan fingerprint density at radius 1 is 0.467 bits per heavy atom.